The van der Waals surface area contributed by atoms with Crippen LogP contribution in [0.25, 0.3) is 0 Å². The van der Waals surface area contributed by atoms with Crippen molar-refractivity contribution in [1.82, 2.24) is 14.5 Å². The summed E-state index contributed by atoms with van der Waals surface area (Å²) >= 11 is 3.32. The van der Waals surface area contributed by atoms with Crippen molar-refractivity contribution >= 4 is 21.8 Å². The smallest absolute Gasteiger partial charge is 0.274 e. The molecule has 0 fully saturated rings. The number of fused-ring (bicyclic) bond motifs is 1. The molecule has 116 valence electrons. The molecule has 0 radical (unpaired) electrons. The molecule has 1 aromatic carbocycles. The van der Waals surface area contributed by atoms with Crippen LogP contribution in [0.4, 0.5) is 4.39 Å². The maximum atomic E-state index is 13.8. The molecule has 1 aliphatic rings. The zero-order valence-electron chi connectivity index (χ0n) is 12.4. The Morgan fingerprint density at radius 3 is 3.05 bits per heavy atom. The number of aromatic nitrogens is 2. The Morgan fingerprint density at radius 2 is 2.27 bits per heavy atom. The first-order valence-corrected chi connectivity index (χ1v) is 8.09. The summed E-state index contributed by atoms with van der Waals surface area (Å²) in [4.78, 5) is 18.4. The number of rotatable bonds is 3. The van der Waals surface area contributed by atoms with E-state index in [1.165, 1.54) is 11.0 Å². The van der Waals surface area contributed by atoms with Crippen LogP contribution >= 0.6 is 15.9 Å². The number of benzene rings is 1. The number of halogens is 2. The van der Waals surface area contributed by atoms with E-state index in [1.54, 1.807) is 19.2 Å². The Kier molecular flexibility index (Phi) is 4.29. The van der Waals surface area contributed by atoms with Crippen molar-refractivity contribution in [3.05, 3.63) is 51.8 Å². The van der Waals surface area contributed by atoms with Gasteiger partial charge in [-0.05, 0) is 31.0 Å². The van der Waals surface area contributed by atoms with Crippen LogP contribution in [0.1, 0.15) is 34.7 Å². The van der Waals surface area contributed by atoms with E-state index in [4.69, 9.17) is 0 Å². The summed E-state index contributed by atoms with van der Waals surface area (Å²) in [5, 5.41) is 0. The lowest BCUT2D eigenvalue weighted by molar-refractivity contribution is 0.0778. The Labute approximate surface area is 137 Å². The predicted octanol–water partition coefficient (Wildman–Crippen LogP) is 3.39. The SMILES string of the molecule is CN(Cc1cc(Br)ccc1F)C(=O)c1cn2c(n1)CCCC2. The molecule has 0 saturated carbocycles. The van der Waals surface area contributed by atoms with E-state index in [1.807, 2.05) is 10.8 Å². The molecule has 2 aromatic rings. The maximum Gasteiger partial charge on any atom is 0.274 e. The van der Waals surface area contributed by atoms with Gasteiger partial charge in [0, 0.05) is 42.8 Å². The highest BCUT2D eigenvalue weighted by Crippen LogP contribution is 2.19. The van der Waals surface area contributed by atoms with E-state index in [0.717, 1.165) is 36.1 Å². The van der Waals surface area contributed by atoms with Gasteiger partial charge in [0.1, 0.15) is 17.3 Å². The lowest BCUT2D eigenvalue weighted by atomic mass is 10.2. The van der Waals surface area contributed by atoms with Gasteiger partial charge in [-0.3, -0.25) is 4.79 Å². The number of hydrogen-bond acceptors (Lipinski definition) is 2. The van der Waals surface area contributed by atoms with Crippen molar-refractivity contribution in [2.24, 2.45) is 0 Å². The number of carbonyl (C=O) groups is 1. The van der Waals surface area contributed by atoms with E-state index in [0.29, 0.717) is 11.3 Å². The van der Waals surface area contributed by atoms with Crippen molar-refractivity contribution in [1.29, 1.82) is 0 Å². The molecule has 6 heteroatoms. The molecule has 0 aliphatic carbocycles. The first-order chi connectivity index (χ1) is 10.5. The van der Waals surface area contributed by atoms with Crippen molar-refractivity contribution in [2.75, 3.05) is 7.05 Å². The van der Waals surface area contributed by atoms with Crippen LogP contribution in [-0.4, -0.2) is 27.4 Å². The standard InChI is InChI=1S/C16H17BrFN3O/c1-20(9-11-8-12(17)5-6-13(11)18)16(22)14-10-21-7-3-2-4-15(21)19-14/h5-6,8,10H,2-4,7,9H2,1H3. The van der Waals surface area contributed by atoms with Gasteiger partial charge in [-0.1, -0.05) is 15.9 Å². The molecule has 1 aromatic heterocycles. The van der Waals surface area contributed by atoms with Gasteiger partial charge >= 0.3 is 0 Å². The second kappa shape index (κ2) is 6.20. The molecule has 0 bridgehead atoms. The van der Waals surface area contributed by atoms with Crippen LogP contribution in [0.2, 0.25) is 0 Å². The monoisotopic (exact) mass is 365 g/mol. The minimum atomic E-state index is -0.313. The van der Waals surface area contributed by atoms with Gasteiger partial charge in [0.05, 0.1) is 0 Å². The molecule has 22 heavy (non-hydrogen) atoms. The first-order valence-electron chi connectivity index (χ1n) is 7.30. The second-order valence-electron chi connectivity index (χ2n) is 5.59. The predicted molar refractivity (Wildman–Crippen MR) is 85.1 cm³/mol. The summed E-state index contributed by atoms with van der Waals surface area (Å²) in [7, 11) is 1.67. The van der Waals surface area contributed by atoms with Crippen molar-refractivity contribution in [3.8, 4) is 0 Å². The number of hydrogen-bond donors (Lipinski definition) is 0. The molecule has 0 unspecified atom stereocenters. The quantitative estimate of drug-likeness (QED) is 0.835. The van der Waals surface area contributed by atoms with Crippen molar-refractivity contribution in [3.63, 3.8) is 0 Å². The van der Waals surface area contributed by atoms with E-state index in [-0.39, 0.29) is 18.3 Å². The number of amides is 1. The summed E-state index contributed by atoms with van der Waals surface area (Å²) in [6, 6.07) is 4.73. The molecule has 3 rings (SSSR count). The van der Waals surface area contributed by atoms with Crippen LogP contribution in [0.3, 0.4) is 0 Å². The van der Waals surface area contributed by atoms with E-state index < -0.39 is 0 Å². The maximum absolute atomic E-state index is 13.8. The molecule has 1 amide bonds. The molecule has 0 saturated heterocycles. The highest BCUT2D eigenvalue weighted by Gasteiger charge is 2.20. The molecule has 0 N–H and O–H groups in total. The van der Waals surface area contributed by atoms with Crippen LogP contribution in [0, 0.1) is 5.82 Å². The van der Waals surface area contributed by atoms with Crippen LogP contribution < -0.4 is 0 Å². The second-order valence-corrected chi connectivity index (χ2v) is 6.51. The highest BCUT2D eigenvalue weighted by atomic mass is 79.9. The number of imidazole rings is 1. The van der Waals surface area contributed by atoms with Gasteiger partial charge in [0.15, 0.2) is 0 Å². The van der Waals surface area contributed by atoms with Crippen LogP contribution in [0.15, 0.2) is 28.9 Å². The van der Waals surface area contributed by atoms with Crippen molar-refractivity contribution in [2.45, 2.75) is 32.4 Å². The third-order valence-electron chi connectivity index (χ3n) is 3.89. The average molecular weight is 366 g/mol. The van der Waals surface area contributed by atoms with Gasteiger partial charge < -0.3 is 9.47 Å². The zero-order chi connectivity index (χ0) is 15.7. The lowest BCUT2D eigenvalue weighted by Gasteiger charge is -2.16. The van der Waals surface area contributed by atoms with Crippen LogP contribution in [0.5, 0.6) is 0 Å². The minimum absolute atomic E-state index is 0.179. The summed E-state index contributed by atoms with van der Waals surface area (Å²) in [5.74, 6) is 0.477. The minimum Gasteiger partial charge on any atom is -0.336 e. The zero-order valence-corrected chi connectivity index (χ0v) is 13.9. The van der Waals surface area contributed by atoms with Crippen molar-refractivity contribution < 1.29 is 9.18 Å². The third kappa shape index (κ3) is 3.06. The molecular weight excluding hydrogens is 349 g/mol. The molecule has 2 heterocycles. The Balaban J connectivity index is 1.76. The fourth-order valence-electron chi connectivity index (χ4n) is 2.70. The Hall–Kier alpha value is -1.69. The fraction of sp³-hybridized carbons (Fsp3) is 0.375. The van der Waals surface area contributed by atoms with Gasteiger partial charge in [-0.15, -0.1) is 0 Å². The summed E-state index contributed by atoms with van der Waals surface area (Å²) in [5.41, 5.74) is 0.920. The normalized spacial score (nSPS) is 13.8. The van der Waals surface area contributed by atoms with E-state index in [2.05, 4.69) is 20.9 Å². The van der Waals surface area contributed by atoms with E-state index in [9.17, 15) is 9.18 Å². The van der Waals surface area contributed by atoms with E-state index >= 15 is 0 Å². The molecule has 1 aliphatic heterocycles. The van der Waals surface area contributed by atoms with Crippen LogP contribution in [-0.2, 0) is 19.5 Å². The number of carbonyl (C=O) groups excluding carboxylic acids is 1. The fourth-order valence-corrected chi connectivity index (χ4v) is 3.11. The van der Waals surface area contributed by atoms with Gasteiger partial charge in [-0.2, -0.15) is 0 Å². The summed E-state index contributed by atoms with van der Waals surface area (Å²) in [6.45, 7) is 1.13. The average Bonchev–Trinajstić information content (AvgIpc) is 2.94. The summed E-state index contributed by atoms with van der Waals surface area (Å²) < 4.78 is 16.6. The molecule has 0 atom stereocenters. The largest absolute Gasteiger partial charge is 0.336 e. The Morgan fingerprint density at radius 1 is 1.45 bits per heavy atom. The Bertz CT molecular complexity index is 690. The highest BCUT2D eigenvalue weighted by molar-refractivity contribution is 9.10. The molecule has 0 spiro atoms. The molecule has 4 nitrogen and oxygen atoms in total. The van der Waals surface area contributed by atoms with Gasteiger partial charge in [0.25, 0.3) is 5.91 Å². The number of aryl methyl sites for hydroxylation is 2. The van der Waals surface area contributed by atoms with Gasteiger partial charge in [0.2, 0.25) is 0 Å². The van der Waals surface area contributed by atoms with Gasteiger partial charge in [-0.25, -0.2) is 9.37 Å². The third-order valence-corrected chi connectivity index (χ3v) is 4.38. The summed E-state index contributed by atoms with van der Waals surface area (Å²) in [6.07, 6.45) is 4.96. The lowest BCUT2D eigenvalue weighted by Crippen LogP contribution is -2.27. The topological polar surface area (TPSA) is 38.1 Å². The molecular formula is C16H17BrFN3O. The number of nitrogens with zero attached hydrogens (tertiary/aromatic N) is 3. The first kappa shape index (κ1) is 15.2.